The Balaban J connectivity index is 0.000000377. The molecule has 3 rings (SSSR count). The molecule has 41 heavy (non-hydrogen) atoms. The van der Waals surface area contributed by atoms with Crippen LogP contribution in [0.5, 0.6) is 17.2 Å². The minimum absolute atomic E-state index is 0.174. The molecule has 0 aliphatic rings. The van der Waals surface area contributed by atoms with Gasteiger partial charge in [-0.05, 0) is 50.3 Å². The Morgan fingerprint density at radius 2 is 1.46 bits per heavy atom. The summed E-state index contributed by atoms with van der Waals surface area (Å²) in [4.78, 5) is 14.9. The van der Waals surface area contributed by atoms with Gasteiger partial charge in [-0.25, -0.2) is 4.79 Å². The van der Waals surface area contributed by atoms with E-state index in [0.29, 0.717) is 28.4 Å². The highest BCUT2D eigenvalue weighted by molar-refractivity contribution is 7.85. The first-order chi connectivity index (χ1) is 19.3. The van der Waals surface area contributed by atoms with Crippen LogP contribution >= 0.6 is 12.2 Å². The average molecular weight is 605 g/mol. The molecular formula is C29H36N2O8S2. The van der Waals surface area contributed by atoms with Crippen molar-refractivity contribution in [3.63, 3.8) is 0 Å². The monoisotopic (exact) mass is 604 g/mol. The van der Waals surface area contributed by atoms with Crippen molar-refractivity contribution < 1.29 is 36.7 Å². The smallest absolute Gasteiger partial charge is 0.338 e. The summed E-state index contributed by atoms with van der Waals surface area (Å²) >= 11 is 4.66. The van der Waals surface area contributed by atoms with Gasteiger partial charge >= 0.3 is 5.97 Å². The summed E-state index contributed by atoms with van der Waals surface area (Å²) in [5.41, 5.74) is 6.87. The van der Waals surface area contributed by atoms with E-state index in [1.54, 1.807) is 12.1 Å². The number of hydrogen-bond acceptors (Lipinski definition) is 9. The van der Waals surface area contributed by atoms with Gasteiger partial charge in [0, 0.05) is 5.56 Å². The molecular weight excluding hydrogens is 568 g/mol. The second-order valence-corrected chi connectivity index (χ2v) is 10.9. The fraction of sp³-hybridized carbons (Fsp3) is 0.310. The van der Waals surface area contributed by atoms with Crippen molar-refractivity contribution in [1.82, 2.24) is 4.90 Å². The largest absolute Gasteiger partial charge is 0.493 e. The van der Waals surface area contributed by atoms with E-state index < -0.39 is 21.6 Å². The highest BCUT2D eigenvalue weighted by Crippen LogP contribution is 2.38. The standard InChI is InChI=1S/C22H29NO5.C7H7NO3S2/c1-7-22(23(2)3,17-11-9-8-10-12-17)15-28-21(24)16-13-18(25-4)20(27-6)19(14-16)26-5;8-7(12)5-1-3-6(4-2-5)13(9,10)11/h8-14H,7,15H2,1-6H3;1-4H,(H2,8,12)(H,9,10,11). The topological polar surface area (TPSA) is 138 Å². The summed E-state index contributed by atoms with van der Waals surface area (Å²) in [6.45, 7) is 2.30. The summed E-state index contributed by atoms with van der Waals surface area (Å²) in [7, 11) is 4.39. The fourth-order valence-electron chi connectivity index (χ4n) is 4.10. The summed E-state index contributed by atoms with van der Waals surface area (Å²) in [5.74, 6) is 0.800. The second-order valence-electron chi connectivity index (χ2n) is 9.00. The number of nitrogens with two attached hydrogens (primary N) is 1. The van der Waals surface area contributed by atoms with Gasteiger partial charge in [-0.3, -0.25) is 9.45 Å². The normalized spacial score (nSPS) is 12.4. The number of carbonyl (C=O) groups excluding carboxylic acids is 1. The van der Waals surface area contributed by atoms with Crippen LogP contribution < -0.4 is 19.9 Å². The van der Waals surface area contributed by atoms with Crippen LogP contribution in [0.15, 0.2) is 71.6 Å². The third-order valence-electron chi connectivity index (χ3n) is 6.53. The summed E-state index contributed by atoms with van der Waals surface area (Å²) < 4.78 is 51.5. The molecule has 3 aromatic rings. The molecule has 10 nitrogen and oxygen atoms in total. The maximum atomic E-state index is 12.8. The van der Waals surface area contributed by atoms with E-state index in [2.05, 4.69) is 36.2 Å². The lowest BCUT2D eigenvalue weighted by atomic mass is 9.87. The van der Waals surface area contributed by atoms with Gasteiger partial charge in [0.15, 0.2) is 11.5 Å². The molecule has 1 atom stereocenters. The number of carbonyl (C=O) groups is 1. The van der Waals surface area contributed by atoms with Crippen molar-refractivity contribution in [1.29, 1.82) is 0 Å². The van der Waals surface area contributed by atoms with Crippen molar-refractivity contribution in [3.8, 4) is 17.2 Å². The van der Waals surface area contributed by atoms with Crippen LogP contribution in [0.3, 0.4) is 0 Å². The molecule has 0 saturated heterocycles. The minimum atomic E-state index is -4.13. The van der Waals surface area contributed by atoms with E-state index in [9.17, 15) is 13.2 Å². The Kier molecular flexibility index (Phi) is 12.1. The Hall–Kier alpha value is -3.71. The molecule has 0 bridgehead atoms. The third kappa shape index (κ3) is 8.40. The van der Waals surface area contributed by atoms with Crippen molar-refractivity contribution >= 4 is 33.3 Å². The fourth-order valence-corrected chi connectivity index (χ4v) is 4.72. The van der Waals surface area contributed by atoms with E-state index in [1.807, 2.05) is 32.3 Å². The number of nitrogens with zero attached hydrogens (tertiary/aromatic N) is 1. The highest BCUT2D eigenvalue weighted by atomic mass is 32.2. The maximum absolute atomic E-state index is 12.8. The van der Waals surface area contributed by atoms with Crippen LogP contribution in [-0.4, -0.2) is 70.9 Å². The number of hydrogen-bond donors (Lipinski definition) is 2. The van der Waals surface area contributed by atoms with Crippen molar-refractivity contribution in [2.45, 2.75) is 23.8 Å². The first-order valence-corrected chi connectivity index (χ1v) is 14.3. The van der Waals surface area contributed by atoms with Gasteiger partial charge in [-0.2, -0.15) is 8.42 Å². The van der Waals surface area contributed by atoms with E-state index in [0.717, 1.165) is 12.0 Å². The molecule has 0 aromatic heterocycles. The van der Waals surface area contributed by atoms with Crippen LogP contribution in [0.25, 0.3) is 0 Å². The summed E-state index contributed by atoms with van der Waals surface area (Å²) in [6, 6.07) is 18.6. The average Bonchev–Trinajstić information content (AvgIpc) is 2.97. The van der Waals surface area contributed by atoms with E-state index in [4.69, 9.17) is 29.2 Å². The zero-order valence-electron chi connectivity index (χ0n) is 23.9. The Bertz CT molecular complexity index is 1400. The van der Waals surface area contributed by atoms with Gasteiger partial charge in [0.1, 0.15) is 11.6 Å². The van der Waals surface area contributed by atoms with Crippen LogP contribution in [0, 0.1) is 0 Å². The van der Waals surface area contributed by atoms with Gasteiger partial charge in [0.05, 0.1) is 37.3 Å². The summed E-state index contributed by atoms with van der Waals surface area (Å²) in [5, 5.41) is 0. The number of likely N-dealkylation sites (N-methyl/N-ethyl adjacent to an activating group) is 1. The lowest BCUT2D eigenvalue weighted by molar-refractivity contribution is 0.0119. The second kappa shape index (κ2) is 14.8. The van der Waals surface area contributed by atoms with Crippen molar-refractivity contribution in [3.05, 3.63) is 83.4 Å². The van der Waals surface area contributed by atoms with Gasteiger partial charge < -0.3 is 24.7 Å². The Morgan fingerprint density at radius 3 is 1.85 bits per heavy atom. The molecule has 0 amide bonds. The molecule has 222 valence electrons. The molecule has 0 aliphatic heterocycles. The highest BCUT2D eigenvalue weighted by Gasteiger charge is 2.35. The maximum Gasteiger partial charge on any atom is 0.338 e. The van der Waals surface area contributed by atoms with Gasteiger partial charge in [-0.15, -0.1) is 0 Å². The number of thiocarbonyl (C=S) groups is 1. The third-order valence-corrected chi connectivity index (χ3v) is 7.63. The van der Waals surface area contributed by atoms with Crippen molar-refractivity contribution in [2.24, 2.45) is 5.73 Å². The molecule has 0 aliphatic carbocycles. The number of ether oxygens (including phenoxy) is 4. The number of esters is 1. The molecule has 0 radical (unpaired) electrons. The molecule has 1 unspecified atom stereocenters. The molecule has 0 fully saturated rings. The lowest BCUT2D eigenvalue weighted by Crippen LogP contribution is -2.45. The van der Waals surface area contributed by atoms with E-state index >= 15 is 0 Å². The zero-order chi connectivity index (χ0) is 30.8. The first-order valence-electron chi connectivity index (χ1n) is 12.4. The van der Waals surface area contributed by atoms with E-state index in [1.165, 1.54) is 45.6 Å². The SMILES string of the molecule is CCC(COC(=O)c1cc(OC)c(OC)c(OC)c1)(c1ccccc1)N(C)C.NC(=S)c1ccc(S(=O)(=O)O)cc1. The van der Waals surface area contributed by atoms with Crippen LogP contribution in [0.1, 0.15) is 34.8 Å². The predicted octanol–water partition coefficient (Wildman–Crippen LogP) is 4.30. The molecule has 0 saturated carbocycles. The number of rotatable bonds is 11. The predicted molar refractivity (Wildman–Crippen MR) is 161 cm³/mol. The van der Waals surface area contributed by atoms with Gasteiger partial charge in [0.2, 0.25) is 5.75 Å². The Labute approximate surface area is 246 Å². The quantitative estimate of drug-likeness (QED) is 0.184. The van der Waals surface area contributed by atoms with E-state index in [-0.39, 0.29) is 16.5 Å². The molecule has 0 heterocycles. The molecule has 0 spiro atoms. The van der Waals surface area contributed by atoms with Crippen LogP contribution in [-0.2, 0) is 20.4 Å². The number of benzene rings is 3. The van der Waals surface area contributed by atoms with Crippen LogP contribution in [0.2, 0.25) is 0 Å². The molecule has 3 aromatic carbocycles. The number of methoxy groups -OCH3 is 3. The van der Waals surface area contributed by atoms with Gasteiger partial charge in [0.25, 0.3) is 10.1 Å². The molecule has 3 N–H and O–H groups in total. The van der Waals surface area contributed by atoms with Crippen molar-refractivity contribution in [2.75, 3.05) is 42.0 Å². The van der Waals surface area contributed by atoms with Crippen LogP contribution in [0.4, 0.5) is 0 Å². The van der Waals surface area contributed by atoms with Gasteiger partial charge in [-0.1, -0.05) is 61.6 Å². The summed E-state index contributed by atoms with van der Waals surface area (Å²) in [6.07, 6.45) is 0.784. The first kappa shape index (κ1) is 33.5. The molecule has 12 heteroatoms. The Morgan fingerprint density at radius 1 is 0.927 bits per heavy atom. The zero-order valence-corrected chi connectivity index (χ0v) is 25.5. The lowest BCUT2D eigenvalue weighted by Gasteiger charge is -2.39. The minimum Gasteiger partial charge on any atom is -0.493 e.